The zero-order chi connectivity index (χ0) is 22.4. The highest BCUT2D eigenvalue weighted by molar-refractivity contribution is 6.74. The standard InChI is InChI=1S/C22H48O4Si2/c1-18(17-20(23)24)16-19(26-28(10,11)22(5,6)7)14-12-13-15-25-27(8,9)21(2,3)4/h18-19H,12-17H2,1-11H3,(H,23,24)/t18-,19+/m0/s1. The molecule has 1 N–H and O–H groups in total. The van der Waals surface area contributed by atoms with Crippen LogP contribution in [0.4, 0.5) is 0 Å². The second-order valence-corrected chi connectivity index (χ2v) is 21.1. The third-order valence-corrected chi connectivity index (χ3v) is 15.7. The lowest BCUT2D eigenvalue weighted by atomic mass is 9.97. The van der Waals surface area contributed by atoms with Crippen LogP contribution < -0.4 is 0 Å². The van der Waals surface area contributed by atoms with E-state index in [2.05, 4.69) is 67.7 Å². The number of carbonyl (C=O) groups is 1. The molecule has 0 aliphatic rings. The number of hydrogen-bond acceptors (Lipinski definition) is 3. The van der Waals surface area contributed by atoms with Gasteiger partial charge in [0.15, 0.2) is 16.6 Å². The minimum absolute atomic E-state index is 0.135. The molecule has 28 heavy (non-hydrogen) atoms. The Morgan fingerprint density at radius 2 is 1.43 bits per heavy atom. The van der Waals surface area contributed by atoms with E-state index >= 15 is 0 Å². The lowest BCUT2D eigenvalue weighted by molar-refractivity contribution is -0.138. The zero-order valence-electron chi connectivity index (χ0n) is 20.6. The van der Waals surface area contributed by atoms with E-state index in [0.29, 0.717) is 0 Å². The average molecular weight is 433 g/mol. The van der Waals surface area contributed by atoms with Crippen LogP contribution in [0.1, 0.15) is 80.6 Å². The van der Waals surface area contributed by atoms with Crippen LogP contribution in [0.3, 0.4) is 0 Å². The molecule has 0 rings (SSSR count). The van der Waals surface area contributed by atoms with Gasteiger partial charge in [-0.25, -0.2) is 0 Å². The molecule has 6 heteroatoms. The molecule has 168 valence electrons. The van der Waals surface area contributed by atoms with Crippen LogP contribution in [-0.2, 0) is 13.6 Å². The van der Waals surface area contributed by atoms with Crippen molar-refractivity contribution in [2.75, 3.05) is 6.61 Å². The summed E-state index contributed by atoms with van der Waals surface area (Å²) in [6, 6.07) is 0. The predicted molar refractivity (Wildman–Crippen MR) is 125 cm³/mol. The van der Waals surface area contributed by atoms with Crippen LogP contribution in [0, 0.1) is 5.92 Å². The number of hydrogen-bond donors (Lipinski definition) is 1. The van der Waals surface area contributed by atoms with E-state index in [0.717, 1.165) is 32.3 Å². The topological polar surface area (TPSA) is 55.8 Å². The summed E-state index contributed by atoms with van der Waals surface area (Å²) >= 11 is 0. The smallest absolute Gasteiger partial charge is 0.303 e. The second kappa shape index (κ2) is 10.7. The van der Waals surface area contributed by atoms with Crippen molar-refractivity contribution in [2.24, 2.45) is 5.92 Å². The first kappa shape index (κ1) is 27.8. The van der Waals surface area contributed by atoms with Crippen molar-refractivity contribution < 1.29 is 18.8 Å². The van der Waals surface area contributed by atoms with Gasteiger partial charge in [0.1, 0.15) is 0 Å². The number of rotatable bonds is 12. The predicted octanol–water partition coefficient (Wildman–Crippen LogP) is 7.07. The van der Waals surface area contributed by atoms with Gasteiger partial charge in [0.2, 0.25) is 0 Å². The van der Waals surface area contributed by atoms with Gasteiger partial charge >= 0.3 is 5.97 Å². The van der Waals surface area contributed by atoms with Crippen LogP contribution in [0.15, 0.2) is 0 Å². The Labute approximate surface area is 177 Å². The van der Waals surface area contributed by atoms with Gasteiger partial charge in [-0.1, -0.05) is 48.5 Å². The Kier molecular flexibility index (Phi) is 10.7. The van der Waals surface area contributed by atoms with Gasteiger partial charge in [-0.2, -0.15) is 0 Å². The van der Waals surface area contributed by atoms with Crippen molar-refractivity contribution in [1.29, 1.82) is 0 Å². The summed E-state index contributed by atoms with van der Waals surface area (Å²) in [4.78, 5) is 11.1. The maximum absolute atomic E-state index is 11.1. The fraction of sp³-hybridized carbons (Fsp3) is 0.955. The molecule has 0 amide bonds. The van der Waals surface area contributed by atoms with Crippen molar-refractivity contribution in [3.8, 4) is 0 Å². The third kappa shape index (κ3) is 10.0. The van der Waals surface area contributed by atoms with Crippen LogP contribution in [0.25, 0.3) is 0 Å². The SMILES string of the molecule is C[C@H](CC(=O)O)C[C@@H](CCCCO[Si](C)(C)C(C)(C)C)O[Si](C)(C)C(C)(C)C. The monoisotopic (exact) mass is 432 g/mol. The number of carboxylic acid groups (broad SMARTS) is 1. The number of carboxylic acids is 1. The summed E-state index contributed by atoms with van der Waals surface area (Å²) in [5.41, 5.74) is 0. The van der Waals surface area contributed by atoms with Gasteiger partial charge in [-0.05, 0) is 67.9 Å². The molecule has 0 aromatic rings. The largest absolute Gasteiger partial charge is 0.481 e. The van der Waals surface area contributed by atoms with E-state index in [1.807, 2.05) is 6.92 Å². The summed E-state index contributed by atoms with van der Waals surface area (Å²) < 4.78 is 13.0. The first-order chi connectivity index (χ1) is 12.4. The normalized spacial score (nSPS) is 16.1. The fourth-order valence-electron chi connectivity index (χ4n) is 2.67. The number of unbranched alkanes of at least 4 members (excludes halogenated alkanes) is 1. The Morgan fingerprint density at radius 1 is 0.929 bits per heavy atom. The molecule has 0 unspecified atom stereocenters. The molecule has 2 atom stereocenters. The summed E-state index contributed by atoms with van der Waals surface area (Å²) in [6.07, 6.45) is 4.26. The quantitative estimate of drug-likeness (QED) is 0.264. The molecule has 0 spiro atoms. The van der Waals surface area contributed by atoms with E-state index in [-0.39, 0.29) is 28.5 Å². The van der Waals surface area contributed by atoms with Crippen molar-refractivity contribution in [1.82, 2.24) is 0 Å². The lowest BCUT2D eigenvalue weighted by Crippen LogP contribution is -2.44. The van der Waals surface area contributed by atoms with Crippen LogP contribution >= 0.6 is 0 Å². The molecular weight excluding hydrogens is 384 g/mol. The highest BCUT2D eigenvalue weighted by Gasteiger charge is 2.39. The van der Waals surface area contributed by atoms with Gasteiger partial charge in [-0.15, -0.1) is 0 Å². The van der Waals surface area contributed by atoms with Crippen molar-refractivity contribution >= 4 is 22.6 Å². The zero-order valence-corrected chi connectivity index (χ0v) is 22.6. The van der Waals surface area contributed by atoms with E-state index in [1.54, 1.807) is 0 Å². The maximum atomic E-state index is 11.1. The highest BCUT2D eigenvalue weighted by atomic mass is 28.4. The average Bonchev–Trinajstić information content (AvgIpc) is 2.42. The maximum Gasteiger partial charge on any atom is 0.303 e. The fourth-order valence-corrected chi connectivity index (χ4v) is 5.16. The van der Waals surface area contributed by atoms with E-state index in [9.17, 15) is 4.79 Å². The minimum atomic E-state index is -1.87. The molecule has 0 aromatic heterocycles. The molecule has 0 heterocycles. The van der Waals surface area contributed by atoms with E-state index in [4.69, 9.17) is 14.0 Å². The van der Waals surface area contributed by atoms with Gasteiger partial charge in [0, 0.05) is 19.1 Å². The third-order valence-electron chi connectivity index (χ3n) is 6.65. The molecule has 0 aromatic carbocycles. The minimum Gasteiger partial charge on any atom is -0.481 e. The first-order valence-corrected chi connectivity index (χ1v) is 16.7. The highest BCUT2D eigenvalue weighted by Crippen LogP contribution is 2.39. The van der Waals surface area contributed by atoms with Crippen molar-refractivity contribution in [3.63, 3.8) is 0 Å². The molecule has 0 saturated carbocycles. The molecular formula is C22H48O4Si2. The Morgan fingerprint density at radius 3 is 1.86 bits per heavy atom. The first-order valence-electron chi connectivity index (χ1n) is 10.9. The molecule has 0 fully saturated rings. The van der Waals surface area contributed by atoms with Crippen molar-refractivity contribution in [2.45, 2.75) is 123 Å². The van der Waals surface area contributed by atoms with Crippen LogP contribution in [0.5, 0.6) is 0 Å². The van der Waals surface area contributed by atoms with Gasteiger partial charge in [0.05, 0.1) is 0 Å². The van der Waals surface area contributed by atoms with E-state index in [1.165, 1.54) is 0 Å². The van der Waals surface area contributed by atoms with Crippen LogP contribution in [-0.4, -0.2) is 40.4 Å². The summed E-state index contributed by atoms with van der Waals surface area (Å²) in [5.74, 6) is -0.586. The van der Waals surface area contributed by atoms with Gasteiger partial charge in [-0.3, -0.25) is 4.79 Å². The molecule has 0 saturated heterocycles. The lowest BCUT2D eigenvalue weighted by Gasteiger charge is -2.40. The summed E-state index contributed by atoms with van der Waals surface area (Å²) in [5, 5.41) is 9.50. The summed E-state index contributed by atoms with van der Waals surface area (Å²) in [6.45, 7) is 25.6. The van der Waals surface area contributed by atoms with E-state index < -0.39 is 22.6 Å². The Bertz CT molecular complexity index is 476. The Hall–Kier alpha value is -0.176. The van der Waals surface area contributed by atoms with Crippen LogP contribution in [0.2, 0.25) is 36.3 Å². The molecule has 0 radical (unpaired) electrons. The number of aliphatic carboxylic acids is 1. The molecule has 0 aliphatic heterocycles. The van der Waals surface area contributed by atoms with Gasteiger partial charge < -0.3 is 14.0 Å². The van der Waals surface area contributed by atoms with Crippen molar-refractivity contribution in [3.05, 3.63) is 0 Å². The Balaban J connectivity index is 4.75. The summed E-state index contributed by atoms with van der Waals surface area (Å²) in [7, 11) is -3.55. The van der Waals surface area contributed by atoms with Gasteiger partial charge in [0.25, 0.3) is 0 Å². The molecule has 0 aliphatic carbocycles. The second-order valence-electron chi connectivity index (χ2n) is 11.5. The molecule has 0 bridgehead atoms. The molecule has 4 nitrogen and oxygen atoms in total.